The first-order valence-corrected chi connectivity index (χ1v) is 13.8. The quantitative estimate of drug-likeness (QED) is 0.521. The summed E-state index contributed by atoms with van der Waals surface area (Å²) in [5.74, 6) is 0. The molecule has 1 rings (SSSR count). The largest absolute Gasteiger partial charge is 0.414 e. The van der Waals surface area contributed by atoms with Gasteiger partial charge in [0, 0.05) is 5.41 Å². The molecule has 0 unspecified atom stereocenters. The molecule has 0 radical (unpaired) electrons. The summed E-state index contributed by atoms with van der Waals surface area (Å²) in [6.07, 6.45) is 1.10. The Morgan fingerprint density at radius 1 is 1.11 bits per heavy atom. The summed E-state index contributed by atoms with van der Waals surface area (Å²) in [5.41, 5.74) is 3.04. The van der Waals surface area contributed by atoms with Crippen molar-refractivity contribution in [2.24, 2.45) is 5.41 Å². The minimum atomic E-state index is -1.45. The van der Waals surface area contributed by atoms with Crippen molar-refractivity contribution in [3.05, 3.63) is 22.9 Å². The monoisotopic (exact) mass is 282 g/mol. The molecule has 0 amide bonds. The average molecular weight is 283 g/mol. The highest BCUT2D eigenvalue weighted by molar-refractivity contribution is 6.83. The van der Waals surface area contributed by atoms with Crippen LogP contribution >= 0.6 is 0 Å². The van der Waals surface area contributed by atoms with E-state index in [1.807, 2.05) is 0 Å². The molecule has 1 nitrogen and oxygen atoms in total. The van der Waals surface area contributed by atoms with Gasteiger partial charge < -0.3 is 4.43 Å². The molecule has 0 heterocycles. The molecule has 0 aliphatic heterocycles. The third kappa shape index (κ3) is 3.46. The van der Waals surface area contributed by atoms with Gasteiger partial charge in [0.1, 0.15) is 0 Å². The zero-order valence-corrected chi connectivity index (χ0v) is 15.5. The standard InChI is InChI=1S/C15H30OSi2/c1-12-10-14(17(4,5)6)13(15(12,2)3)11-16-18(7,8)9/h1,10-11H2,2-9H3. The van der Waals surface area contributed by atoms with Crippen molar-refractivity contribution in [2.75, 3.05) is 6.61 Å². The van der Waals surface area contributed by atoms with Gasteiger partial charge in [0.15, 0.2) is 8.32 Å². The lowest BCUT2D eigenvalue weighted by Gasteiger charge is -2.29. The van der Waals surface area contributed by atoms with E-state index in [1.165, 1.54) is 11.1 Å². The number of hydrogen-bond acceptors (Lipinski definition) is 1. The Bertz CT molecular complexity index is 378. The van der Waals surface area contributed by atoms with Crippen molar-refractivity contribution in [1.82, 2.24) is 0 Å². The van der Waals surface area contributed by atoms with Crippen LogP contribution in [0.25, 0.3) is 0 Å². The van der Waals surface area contributed by atoms with Gasteiger partial charge in [0.05, 0.1) is 14.7 Å². The maximum atomic E-state index is 6.18. The van der Waals surface area contributed by atoms with Crippen LogP contribution < -0.4 is 0 Å². The van der Waals surface area contributed by atoms with Gasteiger partial charge in [0.2, 0.25) is 0 Å². The molecule has 1 aliphatic carbocycles. The summed E-state index contributed by atoms with van der Waals surface area (Å²) >= 11 is 0. The summed E-state index contributed by atoms with van der Waals surface area (Å²) in [6, 6.07) is 0. The third-order valence-corrected chi connectivity index (χ3v) is 7.25. The summed E-state index contributed by atoms with van der Waals surface area (Å²) < 4.78 is 6.18. The molecule has 18 heavy (non-hydrogen) atoms. The highest BCUT2D eigenvalue weighted by atomic mass is 28.4. The molecule has 0 saturated carbocycles. The lowest BCUT2D eigenvalue weighted by Crippen LogP contribution is -2.31. The third-order valence-electron chi connectivity index (χ3n) is 3.95. The second-order valence-corrected chi connectivity index (χ2v) is 17.6. The van der Waals surface area contributed by atoms with Crippen molar-refractivity contribution in [2.45, 2.75) is 59.6 Å². The Kier molecular flexibility index (Phi) is 4.22. The van der Waals surface area contributed by atoms with Crippen molar-refractivity contribution >= 4 is 16.4 Å². The van der Waals surface area contributed by atoms with Crippen LogP contribution in [-0.4, -0.2) is 23.0 Å². The lowest BCUT2D eigenvalue weighted by molar-refractivity contribution is 0.319. The SMILES string of the molecule is C=C1CC([Si](C)(C)C)=C(CO[Si](C)(C)C)C1(C)C. The summed E-state index contributed by atoms with van der Waals surface area (Å²) in [5, 5.41) is 1.68. The van der Waals surface area contributed by atoms with Gasteiger partial charge >= 0.3 is 0 Å². The normalized spacial score (nSPS) is 20.8. The first-order chi connectivity index (χ1) is 7.86. The van der Waals surface area contributed by atoms with Crippen LogP contribution in [0.3, 0.4) is 0 Å². The molecule has 0 fully saturated rings. The Labute approximate surface area is 115 Å². The smallest absolute Gasteiger partial charge is 0.184 e. The summed E-state index contributed by atoms with van der Waals surface area (Å²) in [7, 11) is -2.71. The fraction of sp³-hybridized carbons (Fsp3) is 0.733. The van der Waals surface area contributed by atoms with Crippen LogP contribution in [0.1, 0.15) is 20.3 Å². The Morgan fingerprint density at radius 3 is 2.00 bits per heavy atom. The topological polar surface area (TPSA) is 9.23 Å². The predicted molar refractivity (Wildman–Crippen MR) is 87.2 cm³/mol. The fourth-order valence-corrected chi connectivity index (χ4v) is 5.02. The predicted octanol–water partition coefficient (Wildman–Crippen LogP) is 5.00. The van der Waals surface area contributed by atoms with Crippen molar-refractivity contribution < 1.29 is 4.43 Å². The van der Waals surface area contributed by atoms with Crippen LogP contribution in [-0.2, 0) is 4.43 Å². The van der Waals surface area contributed by atoms with E-state index in [9.17, 15) is 0 Å². The molecule has 1 aliphatic rings. The zero-order valence-electron chi connectivity index (χ0n) is 13.5. The van der Waals surface area contributed by atoms with E-state index in [0.717, 1.165) is 13.0 Å². The molecule has 0 N–H and O–H groups in total. The molecule has 104 valence electrons. The highest BCUT2D eigenvalue weighted by Gasteiger charge is 2.40. The number of allylic oxidation sites excluding steroid dienone is 2. The lowest BCUT2D eigenvalue weighted by atomic mass is 9.83. The van der Waals surface area contributed by atoms with Gasteiger partial charge in [-0.1, -0.05) is 50.8 Å². The molecular formula is C15H30OSi2. The van der Waals surface area contributed by atoms with Gasteiger partial charge in [0.25, 0.3) is 0 Å². The van der Waals surface area contributed by atoms with E-state index in [1.54, 1.807) is 5.20 Å². The van der Waals surface area contributed by atoms with Crippen LogP contribution in [0.5, 0.6) is 0 Å². The molecule has 0 aromatic carbocycles. The van der Waals surface area contributed by atoms with Crippen molar-refractivity contribution in [3.8, 4) is 0 Å². The molecule has 0 aromatic heterocycles. The van der Waals surface area contributed by atoms with Crippen LogP contribution in [0.2, 0.25) is 39.3 Å². The van der Waals surface area contributed by atoms with Crippen LogP contribution in [0, 0.1) is 5.41 Å². The van der Waals surface area contributed by atoms with E-state index in [2.05, 4.69) is 59.7 Å². The van der Waals surface area contributed by atoms with Gasteiger partial charge in [-0.15, -0.1) is 0 Å². The molecule has 0 spiro atoms. The second kappa shape index (κ2) is 4.76. The summed E-state index contributed by atoms with van der Waals surface area (Å²) in [4.78, 5) is 0. The molecule has 0 atom stereocenters. The maximum absolute atomic E-state index is 6.18. The van der Waals surface area contributed by atoms with Gasteiger partial charge in [-0.25, -0.2) is 0 Å². The first-order valence-electron chi connectivity index (χ1n) is 6.91. The number of hydrogen-bond donors (Lipinski definition) is 0. The van der Waals surface area contributed by atoms with Crippen LogP contribution in [0.15, 0.2) is 22.9 Å². The van der Waals surface area contributed by atoms with E-state index in [4.69, 9.17) is 4.43 Å². The minimum absolute atomic E-state index is 0.134. The maximum Gasteiger partial charge on any atom is 0.184 e. The van der Waals surface area contributed by atoms with Gasteiger partial charge in [-0.2, -0.15) is 0 Å². The average Bonchev–Trinajstić information content (AvgIpc) is 2.33. The van der Waals surface area contributed by atoms with Crippen molar-refractivity contribution in [3.63, 3.8) is 0 Å². The molecule has 3 heteroatoms. The number of rotatable bonds is 4. The van der Waals surface area contributed by atoms with Crippen LogP contribution in [0.4, 0.5) is 0 Å². The molecule has 0 aromatic rings. The van der Waals surface area contributed by atoms with E-state index in [-0.39, 0.29) is 5.41 Å². The Hall–Kier alpha value is -0.126. The van der Waals surface area contributed by atoms with Gasteiger partial charge in [-0.05, 0) is 31.6 Å². The van der Waals surface area contributed by atoms with E-state index >= 15 is 0 Å². The van der Waals surface area contributed by atoms with Crippen molar-refractivity contribution in [1.29, 1.82) is 0 Å². The Morgan fingerprint density at radius 2 is 1.61 bits per heavy atom. The first kappa shape index (κ1) is 15.9. The van der Waals surface area contributed by atoms with E-state index in [0.29, 0.717) is 0 Å². The fourth-order valence-electron chi connectivity index (χ4n) is 2.41. The molecule has 0 saturated heterocycles. The Balaban J connectivity index is 3.09. The zero-order chi connectivity index (χ0) is 14.4. The molecule has 0 bridgehead atoms. The highest BCUT2D eigenvalue weighted by Crippen LogP contribution is 2.48. The second-order valence-electron chi connectivity index (χ2n) is 8.01. The molecular weight excluding hydrogens is 252 g/mol. The van der Waals surface area contributed by atoms with E-state index < -0.39 is 16.4 Å². The summed E-state index contributed by atoms with van der Waals surface area (Å²) in [6.45, 7) is 23.8. The van der Waals surface area contributed by atoms with Gasteiger partial charge in [-0.3, -0.25) is 0 Å². The minimum Gasteiger partial charge on any atom is -0.414 e.